The Balaban J connectivity index is 3.49. The van der Waals surface area contributed by atoms with E-state index in [0.29, 0.717) is 0 Å². The molecule has 0 fully saturated rings. The van der Waals surface area contributed by atoms with Gasteiger partial charge in [0, 0.05) is 6.54 Å². The molecule has 0 saturated heterocycles. The van der Waals surface area contributed by atoms with E-state index in [-0.39, 0.29) is 5.25 Å². The maximum Gasteiger partial charge on any atom is 0.0882 e. The lowest BCUT2D eigenvalue weighted by Gasteiger charge is -2.11. The molecule has 0 aliphatic rings. The molecule has 10 heavy (non-hydrogen) atoms. The SMILES string of the molecule is CCCC(S)C(=S)NCC. The van der Waals surface area contributed by atoms with Gasteiger partial charge in [-0.15, -0.1) is 0 Å². The van der Waals surface area contributed by atoms with Crippen molar-refractivity contribution in [3.63, 3.8) is 0 Å². The zero-order chi connectivity index (χ0) is 7.98. The van der Waals surface area contributed by atoms with E-state index in [9.17, 15) is 0 Å². The molecule has 1 unspecified atom stereocenters. The molecule has 3 heteroatoms. The van der Waals surface area contributed by atoms with E-state index in [1.165, 1.54) is 0 Å². The van der Waals surface area contributed by atoms with E-state index < -0.39 is 0 Å². The van der Waals surface area contributed by atoms with Crippen molar-refractivity contribution in [3.8, 4) is 0 Å². The molecule has 0 bridgehead atoms. The Labute approximate surface area is 74.0 Å². The van der Waals surface area contributed by atoms with Crippen LogP contribution in [0.25, 0.3) is 0 Å². The lowest BCUT2D eigenvalue weighted by molar-refractivity contribution is 0.829. The van der Waals surface area contributed by atoms with Crippen LogP contribution in [0.4, 0.5) is 0 Å². The zero-order valence-corrected chi connectivity index (χ0v) is 8.27. The van der Waals surface area contributed by atoms with Crippen molar-refractivity contribution in [2.75, 3.05) is 6.54 Å². The Morgan fingerprint density at radius 1 is 1.60 bits per heavy atom. The minimum absolute atomic E-state index is 0.250. The van der Waals surface area contributed by atoms with Gasteiger partial charge in [0.1, 0.15) is 0 Å². The van der Waals surface area contributed by atoms with Gasteiger partial charge in [0.15, 0.2) is 0 Å². The lowest BCUT2D eigenvalue weighted by Crippen LogP contribution is -2.29. The van der Waals surface area contributed by atoms with Gasteiger partial charge in [-0.25, -0.2) is 0 Å². The molecule has 0 heterocycles. The fraction of sp³-hybridized carbons (Fsp3) is 0.857. The smallest absolute Gasteiger partial charge is 0.0882 e. The summed E-state index contributed by atoms with van der Waals surface area (Å²) in [6.45, 7) is 5.08. The molecule has 0 spiro atoms. The maximum absolute atomic E-state index is 5.05. The number of hydrogen-bond acceptors (Lipinski definition) is 2. The van der Waals surface area contributed by atoms with Gasteiger partial charge in [-0.2, -0.15) is 12.6 Å². The number of thiocarbonyl (C=S) groups is 1. The number of hydrogen-bond donors (Lipinski definition) is 2. The van der Waals surface area contributed by atoms with Gasteiger partial charge in [0.05, 0.1) is 10.2 Å². The van der Waals surface area contributed by atoms with Crippen molar-refractivity contribution >= 4 is 29.8 Å². The third-order valence-corrected chi connectivity index (χ3v) is 2.34. The molecule has 0 radical (unpaired) electrons. The van der Waals surface area contributed by atoms with Gasteiger partial charge >= 0.3 is 0 Å². The first-order chi connectivity index (χ1) is 4.72. The highest BCUT2D eigenvalue weighted by Crippen LogP contribution is 2.04. The molecule has 0 rings (SSSR count). The molecule has 0 amide bonds. The van der Waals surface area contributed by atoms with Gasteiger partial charge in [0.25, 0.3) is 0 Å². The minimum Gasteiger partial charge on any atom is -0.379 e. The molecule has 0 aliphatic carbocycles. The third kappa shape index (κ3) is 4.12. The highest BCUT2D eigenvalue weighted by molar-refractivity contribution is 7.86. The van der Waals surface area contributed by atoms with Crippen LogP contribution in [0.2, 0.25) is 0 Å². The summed E-state index contributed by atoms with van der Waals surface area (Å²) in [7, 11) is 0. The summed E-state index contributed by atoms with van der Waals surface area (Å²) in [4.78, 5) is 0.882. The highest BCUT2D eigenvalue weighted by atomic mass is 32.1. The predicted octanol–water partition coefficient (Wildman–Crippen LogP) is 2.02. The number of thiol groups is 1. The second kappa shape index (κ2) is 5.98. The van der Waals surface area contributed by atoms with Crippen molar-refractivity contribution in [3.05, 3.63) is 0 Å². The van der Waals surface area contributed by atoms with Gasteiger partial charge < -0.3 is 5.32 Å². The average molecular weight is 177 g/mol. The van der Waals surface area contributed by atoms with E-state index >= 15 is 0 Å². The van der Waals surface area contributed by atoms with Gasteiger partial charge in [-0.3, -0.25) is 0 Å². The lowest BCUT2D eigenvalue weighted by atomic mass is 10.2. The molecular weight excluding hydrogens is 162 g/mol. The Morgan fingerprint density at radius 2 is 2.20 bits per heavy atom. The molecule has 1 nitrogen and oxygen atoms in total. The second-order valence-corrected chi connectivity index (χ2v) is 3.26. The Morgan fingerprint density at radius 3 is 2.60 bits per heavy atom. The van der Waals surface area contributed by atoms with Crippen LogP contribution in [0, 0.1) is 0 Å². The Kier molecular flexibility index (Phi) is 6.13. The summed E-state index contributed by atoms with van der Waals surface area (Å²) in [6.07, 6.45) is 2.20. The molecule has 60 valence electrons. The normalized spacial score (nSPS) is 12.7. The molecule has 0 aromatic heterocycles. The van der Waals surface area contributed by atoms with E-state index in [1.807, 2.05) is 6.92 Å². The summed E-state index contributed by atoms with van der Waals surface area (Å²) in [5.41, 5.74) is 0. The minimum atomic E-state index is 0.250. The van der Waals surface area contributed by atoms with Crippen molar-refractivity contribution in [1.82, 2.24) is 5.32 Å². The molecule has 0 saturated carbocycles. The first-order valence-corrected chi connectivity index (χ1v) is 4.60. The van der Waals surface area contributed by atoms with Crippen molar-refractivity contribution in [2.24, 2.45) is 0 Å². The zero-order valence-electron chi connectivity index (χ0n) is 6.55. The van der Waals surface area contributed by atoms with Crippen LogP contribution >= 0.6 is 24.8 Å². The molecule has 0 aliphatic heterocycles. The van der Waals surface area contributed by atoms with Crippen LogP contribution in [0.3, 0.4) is 0 Å². The van der Waals surface area contributed by atoms with Crippen molar-refractivity contribution in [2.45, 2.75) is 31.9 Å². The van der Waals surface area contributed by atoms with Gasteiger partial charge in [-0.05, 0) is 13.3 Å². The maximum atomic E-state index is 5.05. The van der Waals surface area contributed by atoms with Crippen LogP contribution in [0.15, 0.2) is 0 Å². The Bertz CT molecular complexity index is 104. The number of nitrogens with one attached hydrogen (secondary N) is 1. The standard InChI is InChI=1S/C7H15NS2/c1-3-5-6(9)7(10)8-4-2/h6,9H,3-5H2,1-2H3,(H,8,10). The summed E-state index contributed by atoms with van der Waals surface area (Å²) >= 11 is 9.39. The van der Waals surface area contributed by atoms with E-state index in [4.69, 9.17) is 12.2 Å². The van der Waals surface area contributed by atoms with Gasteiger partial charge in [-0.1, -0.05) is 25.6 Å². The first kappa shape index (κ1) is 10.2. The fourth-order valence-electron chi connectivity index (χ4n) is 0.697. The van der Waals surface area contributed by atoms with E-state index in [1.54, 1.807) is 0 Å². The molecular formula is C7H15NS2. The van der Waals surface area contributed by atoms with E-state index in [2.05, 4.69) is 24.9 Å². The highest BCUT2D eigenvalue weighted by Gasteiger charge is 2.05. The quantitative estimate of drug-likeness (QED) is 0.503. The number of rotatable bonds is 4. The average Bonchev–Trinajstić information content (AvgIpc) is 1.89. The van der Waals surface area contributed by atoms with Crippen LogP contribution in [-0.4, -0.2) is 16.8 Å². The van der Waals surface area contributed by atoms with Gasteiger partial charge in [0.2, 0.25) is 0 Å². The van der Waals surface area contributed by atoms with Crippen molar-refractivity contribution < 1.29 is 0 Å². The molecule has 0 aromatic carbocycles. The second-order valence-electron chi connectivity index (χ2n) is 2.20. The summed E-state index contributed by atoms with van der Waals surface area (Å²) in [5.74, 6) is 0. The summed E-state index contributed by atoms with van der Waals surface area (Å²) in [5, 5.41) is 3.34. The molecule has 1 N–H and O–H groups in total. The van der Waals surface area contributed by atoms with Crippen LogP contribution in [0.5, 0.6) is 0 Å². The largest absolute Gasteiger partial charge is 0.379 e. The summed E-state index contributed by atoms with van der Waals surface area (Å²) < 4.78 is 0. The van der Waals surface area contributed by atoms with Crippen molar-refractivity contribution in [1.29, 1.82) is 0 Å². The predicted molar refractivity (Wildman–Crippen MR) is 54.0 cm³/mol. The van der Waals surface area contributed by atoms with Crippen LogP contribution < -0.4 is 5.32 Å². The van der Waals surface area contributed by atoms with Crippen LogP contribution in [0.1, 0.15) is 26.7 Å². The Hall–Kier alpha value is 0.240. The topological polar surface area (TPSA) is 12.0 Å². The fourth-order valence-corrected chi connectivity index (χ4v) is 1.31. The van der Waals surface area contributed by atoms with E-state index in [0.717, 1.165) is 24.4 Å². The molecule has 1 atom stereocenters. The summed E-state index contributed by atoms with van der Waals surface area (Å²) in [6, 6.07) is 0. The first-order valence-electron chi connectivity index (χ1n) is 3.68. The third-order valence-electron chi connectivity index (χ3n) is 1.22. The van der Waals surface area contributed by atoms with Crippen LogP contribution in [-0.2, 0) is 0 Å². The monoisotopic (exact) mass is 177 g/mol. The molecule has 0 aromatic rings.